The van der Waals surface area contributed by atoms with E-state index in [1.165, 1.54) is 0 Å². The Kier molecular flexibility index (Phi) is 5.49. The molecule has 2 heterocycles. The van der Waals surface area contributed by atoms with E-state index in [9.17, 15) is 9.59 Å². The maximum Gasteiger partial charge on any atom is 0.321 e. The first-order valence-corrected chi connectivity index (χ1v) is 9.19. The number of likely N-dealkylation sites (tertiary alicyclic amines) is 2. The Balaban J connectivity index is 1.71. The van der Waals surface area contributed by atoms with E-state index in [-0.39, 0.29) is 17.5 Å². The summed E-state index contributed by atoms with van der Waals surface area (Å²) in [7, 11) is 1.61. The largest absolute Gasteiger partial charge is 0.497 e. The molecule has 1 aromatic carbocycles. The maximum atomic E-state index is 12.8. The number of piperidine rings is 2. The minimum Gasteiger partial charge on any atom is -0.497 e. The third kappa shape index (κ3) is 3.69. The molecule has 2 aliphatic rings. The highest BCUT2D eigenvalue weighted by atomic mass is 16.5. The highest BCUT2D eigenvalue weighted by Gasteiger charge is 2.45. The summed E-state index contributed by atoms with van der Waals surface area (Å²) in [5.74, 6) is 0.925. The van der Waals surface area contributed by atoms with Gasteiger partial charge in [-0.1, -0.05) is 6.08 Å². The van der Waals surface area contributed by atoms with E-state index in [4.69, 9.17) is 4.74 Å². The van der Waals surface area contributed by atoms with Gasteiger partial charge in [0.25, 0.3) is 0 Å². The lowest BCUT2D eigenvalue weighted by Crippen LogP contribution is -2.63. The maximum absolute atomic E-state index is 12.8. The van der Waals surface area contributed by atoms with Gasteiger partial charge in [0.2, 0.25) is 5.91 Å². The number of hydrogen-bond acceptors (Lipinski definition) is 3. The molecule has 2 fully saturated rings. The minimum absolute atomic E-state index is 0.120. The fraction of sp³-hybridized carbons (Fsp3) is 0.500. The van der Waals surface area contributed by atoms with Crippen molar-refractivity contribution in [2.45, 2.75) is 37.6 Å². The van der Waals surface area contributed by atoms with E-state index in [1.54, 1.807) is 13.2 Å². The number of nitrogens with zero attached hydrogens (tertiary/aromatic N) is 2. The molecule has 1 aromatic rings. The van der Waals surface area contributed by atoms with Crippen LogP contribution in [0.4, 0.5) is 10.5 Å². The van der Waals surface area contributed by atoms with Crippen LogP contribution in [0.1, 0.15) is 32.1 Å². The molecule has 0 bridgehead atoms. The number of ether oxygens (including phenoxy) is 1. The summed E-state index contributed by atoms with van der Waals surface area (Å²) in [5.41, 5.74) is 0.483. The summed E-state index contributed by atoms with van der Waals surface area (Å²) < 4.78 is 5.14. The molecule has 0 aliphatic carbocycles. The highest BCUT2D eigenvalue weighted by molar-refractivity contribution is 5.89. The Morgan fingerprint density at radius 1 is 1.31 bits per heavy atom. The highest BCUT2D eigenvalue weighted by Crippen LogP contribution is 2.36. The molecule has 2 saturated heterocycles. The number of methoxy groups -OCH3 is 1. The molecule has 1 N–H and O–H groups in total. The van der Waals surface area contributed by atoms with Crippen molar-refractivity contribution in [3.05, 3.63) is 36.9 Å². The number of nitrogens with one attached hydrogen (secondary N) is 1. The van der Waals surface area contributed by atoms with Crippen molar-refractivity contribution in [1.29, 1.82) is 0 Å². The van der Waals surface area contributed by atoms with Crippen molar-refractivity contribution in [3.63, 3.8) is 0 Å². The Labute approximate surface area is 154 Å². The fourth-order valence-corrected chi connectivity index (χ4v) is 4.11. The SMILES string of the molecule is C=CCN1C(=O)CCCC12CCCN(C(=O)Nc1ccc(OC)cc1)C2. The van der Waals surface area contributed by atoms with Crippen LogP contribution in [0.3, 0.4) is 0 Å². The Hall–Kier alpha value is -2.50. The summed E-state index contributed by atoms with van der Waals surface area (Å²) >= 11 is 0. The molecular formula is C20H27N3O3. The van der Waals surface area contributed by atoms with Crippen molar-refractivity contribution < 1.29 is 14.3 Å². The first-order valence-electron chi connectivity index (χ1n) is 9.19. The molecule has 2 aliphatic heterocycles. The monoisotopic (exact) mass is 357 g/mol. The van der Waals surface area contributed by atoms with E-state index >= 15 is 0 Å². The first kappa shape index (κ1) is 18.3. The van der Waals surface area contributed by atoms with Crippen LogP contribution in [0.15, 0.2) is 36.9 Å². The zero-order chi connectivity index (χ0) is 18.6. The number of rotatable bonds is 4. The molecule has 3 amide bonds. The van der Waals surface area contributed by atoms with E-state index in [0.717, 1.165) is 37.1 Å². The van der Waals surface area contributed by atoms with Crippen LogP contribution in [0, 0.1) is 0 Å². The average molecular weight is 357 g/mol. The smallest absolute Gasteiger partial charge is 0.321 e. The molecule has 140 valence electrons. The van der Waals surface area contributed by atoms with Crippen molar-refractivity contribution >= 4 is 17.6 Å². The van der Waals surface area contributed by atoms with E-state index in [2.05, 4.69) is 11.9 Å². The Morgan fingerprint density at radius 3 is 2.73 bits per heavy atom. The molecule has 0 saturated carbocycles. The molecule has 1 atom stereocenters. The van der Waals surface area contributed by atoms with Gasteiger partial charge in [0, 0.05) is 31.7 Å². The number of carbonyl (C=O) groups is 2. The third-order valence-electron chi connectivity index (χ3n) is 5.40. The van der Waals surface area contributed by atoms with Crippen molar-refractivity contribution in [2.75, 3.05) is 32.1 Å². The fourth-order valence-electron chi connectivity index (χ4n) is 4.11. The van der Waals surface area contributed by atoms with Gasteiger partial charge in [0.15, 0.2) is 0 Å². The van der Waals surface area contributed by atoms with E-state index in [1.807, 2.05) is 34.1 Å². The second-order valence-corrected chi connectivity index (χ2v) is 7.05. The Morgan fingerprint density at radius 2 is 2.04 bits per heavy atom. The summed E-state index contributed by atoms with van der Waals surface area (Å²) in [6, 6.07) is 7.17. The summed E-state index contributed by atoms with van der Waals surface area (Å²) in [5, 5.41) is 2.95. The van der Waals surface area contributed by atoms with Crippen LogP contribution in [0.2, 0.25) is 0 Å². The molecule has 0 radical (unpaired) electrons. The molecular weight excluding hydrogens is 330 g/mol. The molecule has 1 spiro atoms. The second-order valence-electron chi connectivity index (χ2n) is 7.05. The van der Waals surface area contributed by atoms with Gasteiger partial charge in [-0.2, -0.15) is 0 Å². The lowest BCUT2D eigenvalue weighted by molar-refractivity contribution is -0.143. The quantitative estimate of drug-likeness (QED) is 0.842. The number of hydrogen-bond donors (Lipinski definition) is 1. The lowest BCUT2D eigenvalue weighted by atomic mass is 9.79. The summed E-state index contributed by atoms with van der Waals surface area (Å²) in [6.45, 7) is 5.63. The van der Waals surface area contributed by atoms with Gasteiger partial charge in [0.1, 0.15) is 5.75 Å². The number of benzene rings is 1. The van der Waals surface area contributed by atoms with Gasteiger partial charge < -0.3 is 19.9 Å². The van der Waals surface area contributed by atoms with Crippen LogP contribution in [0.5, 0.6) is 5.75 Å². The van der Waals surface area contributed by atoms with E-state index < -0.39 is 0 Å². The predicted octanol–water partition coefficient (Wildman–Crippen LogP) is 3.26. The van der Waals surface area contributed by atoms with Crippen LogP contribution in [-0.4, -0.2) is 54.0 Å². The molecule has 1 unspecified atom stereocenters. The van der Waals surface area contributed by atoms with Crippen molar-refractivity contribution in [3.8, 4) is 5.75 Å². The van der Waals surface area contributed by atoms with Gasteiger partial charge >= 0.3 is 6.03 Å². The number of anilines is 1. The Bertz CT molecular complexity index is 669. The molecule has 3 rings (SSSR count). The average Bonchev–Trinajstić information content (AvgIpc) is 2.66. The number of urea groups is 1. The van der Waals surface area contributed by atoms with Gasteiger partial charge in [-0.25, -0.2) is 4.79 Å². The topological polar surface area (TPSA) is 61.9 Å². The molecule has 26 heavy (non-hydrogen) atoms. The van der Waals surface area contributed by atoms with E-state index in [0.29, 0.717) is 26.1 Å². The van der Waals surface area contributed by atoms with Crippen LogP contribution < -0.4 is 10.1 Å². The predicted molar refractivity (Wildman–Crippen MR) is 101 cm³/mol. The summed E-state index contributed by atoms with van der Waals surface area (Å²) in [6.07, 6.45) is 6.05. The number of carbonyl (C=O) groups excluding carboxylic acids is 2. The number of amides is 3. The van der Waals surface area contributed by atoms with Crippen molar-refractivity contribution in [2.24, 2.45) is 0 Å². The normalized spacial score (nSPS) is 23.0. The van der Waals surface area contributed by atoms with Gasteiger partial charge in [-0.3, -0.25) is 4.79 Å². The van der Waals surface area contributed by atoms with Crippen LogP contribution in [0.25, 0.3) is 0 Å². The van der Waals surface area contributed by atoms with Gasteiger partial charge in [-0.15, -0.1) is 6.58 Å². The molecule has 6 nitrogen and oxygen atoms in total. The zero-order valence-corrected chi connectivity index (χ0v) is 15.4. The lowest BCUT2D eigenvalue weighted by Gasteiger charge is -2.51. The van der Waals surface area contributed by atoms with Gasteiger partial charge in [0.05, 0.1) is 12.6 Å². The van der Waals surface area contributed by atoms with Crippen LogP contribution >= 0.6 is 0 Å². The van der Waals surface area contributed by atoms with Crippen LogP contribution in [-0.2, 0) is 4.79 Å². The molecule has 6 heteroatoms. The standard InChI is InChI=1S/C20H27N3O3/c1-3-13-23-18(24)6-4-11-20(23)12-5-14-22(15-20)19(25)21-16-7-9-17(26-2)10-8-16/h3,7-10H,1,4-6,11-15H2,2H3,(H,21,25). The first-order chi connectivity index (χ1) is 12.6. The zero-order valence-electron chi connectivity index (χ0n) is 15.4. The van der Waals surface area contributed by atoms with Crippen molar-refractivity contribution in [1.82, 2.24) is 9.80 Å². The summed E-state index contributed by atoms with van der Waals surface area (Å²) in [4.78, 5) is 29.0. The molecule has 0 aromatic heterocycles. The third-order valence-corrected chi connectivity index (χ3v) is 5.40. The minimum atomic E-state index is -0.251. The second kappa shape index (κ2) is 7.81. The van der Waals surface area contributed by atoms with Gasteiger partial charge in [-0.05, 0) is 49.9 Å².